The van der Waals surface area contributed by atoms with E-state index in [1.54, 1.807) is 149 Å². The molecule has 6 aromatic rings. The van der Waals surface area contributed by atoms with Gasteiger partial charge >= 0.3 is 30.9 Å². The van der Waals surface area contributed by atoms with Gasteiger partial charge in [0, 0.05) is 62.8 Å². The van der Waals surface area contributed by atoms with Crippen LogP contribution >= 0.6 is 70.4 Å². The van der Waals surface area contributed by atoms with Crippen molar-refractivity contribution in [3.05, 3.63) is 226 Å². The molecule has 107 heavy (non-hydrogen) atoms. The lowest BCUT2D eigenvalue weighted by Crippen LogP contribution is -2.26. The number of alkyl halides is 15. The van der Waals surface area contributed by atoms with Crippen molar-refractivity contribution in [1.29, 1.82) is 0 Å². The van der Waals surface area contributed by atoms with Gasteiger partial charge in [0.1, 0.15) is 30.3 Å². The van der Waals surface area contributed by atoms with Crippen LogP contribution in [0.15, 0.2) is 193 Å². The summed E-state index contributed by atoms with van der Waals surface area (Å²) < 4.78 is 230. The average Bonchev–Trinajstić information content (AvgIpc) is 0.990. The maximum absolute atomic E-state index is 13.8. The topological polar surface area (TPSA) is 192 Å². The predicted molar refractivity (Wildman–Crippen MR) is 382 cm³/mol. The first-order valence-corrected chi connectivity index (χ1v) is 36.3. The molecule has 5 N–H and O–H groups in total. The number of para-hydroxylation sites is 5. The van der Waals surface area contributed by atoms with E-state index in [1.165, 1.54) is 18.2 Å². The third-order valence-electron chi connectivity index (χ3n) is 14.2. The largest absolute Gasteiger partial charge is 0.487 e. The Balaban J connectivity index is 0.000000188. The Morgan fingerprint density at radius 3 is 0.766 bits per heavy atom. The number of carbonyl (C=O) groups excluding carboxylic acids is 5. The Morgan fingerprint density at radius 2 is 0.542 bits per heavy atom. The zero-order valence-corrected chi connectivity index (χ0v) is 60.7. The normalized spacial score (nSPS) is 15.5. The Morgan fingerprint density at radius 1 is 0.327 bits per heavy atom. The monoisotopic (exact) mass is 1630 g/mol. The second-order valence-electron chi connectivity index (χ2n) is 22.0. The van der Waals surface area contributed by atoms with E-state index in [0.717, 1.165) is 81.1 Å². The molecule has 0 saturated heterocycles. The Bertz CT molecular complexity index is 4000. The van der Waals surface area contributed by atoms with E-state index in [9.17, 15) is 94.2 Å². The second-order valence-corrected chi connectivity index (χ2v) is 27.9. The van der Waals surface area contributed by atoms with Crippen molar-refractivity contribution in [1.82, 2.24) is 0 Å². The number of rotatable bonds is 11. The minimum Gasteiger partial charge on any atom is -0.487 e. The molecule has 0 aliphatic carbocycles. The quantitative estimate of drug-likeness (QED) is 0.0769. The van der Waals surface area contributed by atoms with Gasteiger partial charge in [-0.25, -0.2) is 4.39 Å². The molecule has 0 saturated carbocycles. The number of hydrogen-bond donors (Lipinski definition) is 5. The van der Waals surface area contributed by atoms with Crippen LogP contribution in [0.5, 0.6) is 0 Å². The zero-order valence-electron chi connectivity index (χ0n) is 55.9. The van der Waals surface area contributed by atoms with Gasteiger partial charge < -0.3 is 50.3 Å². The van der Waals surface area contributed by atoms with Crippen molar-refractivity contribution in [3.63, 3.8) is 0 Å². The van der Waals surface area contributed by atoms with Crippen LogP contribution in [0.1, 0.15) is 22.3 Å². The van der Waals surface area contributed by atoms with E-state index in [-0.39, 0.29) is 49.5 Å². The van der Waals surface area contributed by atoms with Crippen LogP contribution in [0.25, 0.3) is 11.1 Å². The maximum atomic E-state index is 13.8. The van der Waals surface area contributed by atoms with E-state index < -0.39 is 120 Å². The summed E-state index contributed by atoms with van der Waals surface area (Å²) in [6.45, 7) is 6.70. The van der Waals surface area contributed by atoms with Crippen molar-refractivity contribution in [2.24, 2.45) is 0 Å². The summed E-state index contributed by atoms with van der Waals surface area (Å²) in [5, 5.41) is 12.3. The first kappa shape index (κ1) is 85.5. The van der Waals surface area contributed by atoms with Crippen molar-refractivity contribution in [2.45, 2.75) is 58.6 Å². The summed E-state index contributed by atoms with van der Waals surface area (Å²) in [6, 6.07) is 38.0. The number of nitrogens with one attached hydrogen (secondary N) is 5. The van der Waals surface area contributed by atoms with E-state index in [2.05, 4.69) is 50.3 Å². The molecular formula is C70H60ClF16N5O10S5. The van der Waals surface area contributed by atoms with Crippen LogP contribution in [0.3, 0.4) is 0 Å². The molecule has 0 atom stereocenters. The van der Waals surface area contributed by atoms with Crippen molar-refractivity contribution < 1.29 is 118 Å². The predicted octanol–water partition coefficient (Wildman–Crippen LogP) is 19.5. The van der Waals surface area contributed by atoms with Crippen LogP contribution in [-0.2, 0) is 47.7 Å². The molecule has 574 valence electrons. The molecule has 37 heteroatoms. The van der Waals surface area contributed by atoms with Crippen LogP contribution in [-0.4, -0.2) is 122 Å². The third kappa shape index (κ3) is 24.9. The van der Waals surface area contributed by atoms with Crippen LogP contribution in [0, 0.1) is 33.5 Å². The fourth-order valence-electron chi connectivity index (χ4n) is 9.24. The van der Waals surface area contributed by atoms with Crippen molar-refractivity contribution in [3.8, 4) is 11.1 Å². The number of hydrogen-bond acceptors (Lipinski definition) is 15. The second kappa shape index (κ2) is 38.4. The number of thioether (sulfide) groups is 5. The SMILES string of the molecule is Cc1ccccc1NC(=O)C1=C(C(F)(F)F)OCCS1.Cc1ccccc1NC(=O)C1=C(C(F)(F)F)OCCS1.Cc1ccccc1NC(=O)C1=C(C(F)(F)F)OCCS1.Cc1ccccc1NC(=O)C1=C(C(F)(F)F)OCCS1.O=C(Nc1ccccc1-c1ccc(Cl)c(F)c1)C1=C(C(F)(F)F)OCCS1. The molecule has 0 radical (unpaired) electrons. The number of halogens is 17. The van der Waals surface area contributed by atoms with Gasteiger partial charge in [0.15, 0.2) is 0 Å². The molecule has 6 aromatic carbocycles. The number of amides is 5. The molecule has 11 rings (SSSR count). The minimum atomic E-state index is -4.76. The number of benzene rings is 6. The summed E-state index contributed by atoms with van der Waals surface area (Å²) >= 11 is 9.87. The Hall–Kier alpha value is -8.71. The Labute approximate surface area is 626 Å². The summed E-state index contributed by atoms with van der Waals surface area (Å²) in [7, 11) is 0. The van der Waals surface area contributed by atoms with Gasteiger partial charge in [-0.1, -0.05) is 109 Å². The highest BCUT2D eigenvalue weighted by Gasteiger charge is 2.47. The van der Waals surface area contributed by atoms with Crippen LogP contribution in [0.2, 0.25) is 5.02 Å². The zero-order chi connectivity index (χ0) is 78.6. The first-order valence-electron chi connectivity index (χ1n) is 31.0. The van der Waals surface area contributed by atoms with Crippen LogP contribution < -0.4 is 26.6 Å². The molecule has 0 aromatic heterocycles. The lowest BCUT2D eigenvalue weighted by Gasteiger charge is -2.22. The highest BCUT2D eigenvalue weighted by atomic mass is 35.5. The van der Waals surface area contributed by atoms with Crippen LogP contribution in [0.4, 0.5) is 98.7 Å². The number of allylic oxidation sites excluding steroid dienone is 5. The lowest BCUT2D eigenvalue weighted by molar-refractivity contribution is -0.133. The van der Waals surface area contributed by atoms with Gasteiger partial charge in [-0.05, 0) is 98.0 Å². The maximum Gasteiger partial charge on any atom is 0.450 e. The molecule has 0 spiro atoms. The molecular weight excluding hydrogens is 1570 g/mol. The molecule has 5 aliphatic heterocycles. The standard InChI is InChI=1S/C18H12ClF4NO2S.4C13H12F3NO2S/c19-12-6-5-10(9-13(12)20)11-3-1-2-4-14(11)24-17(25)15-16(18(21,22)23)26-7-8-27-15;4*1-8-4-2-3-5-9(8)17-12(18)10-11(13(14,15)16)19-6-7-20-10/h1-6,9H,7-8H2,(H,24,25);4*2-5H,6-7H2,1H3,(H,17,18). The van der Waals surface area contributed by atoms with E-state index >= 15 is 0 Å². The molecule has 0 unspecified atom stereocenters. The Kier molecular flexibility index (Phi) is 30.7. The van der Waals surface area contributed by atoms with Crippen molar-refractivity contribution >= 4 is 128 Å². The third-order valence-corrected chi connectivity index (χ3v) is 19.7. The average molecular weight is 1630 g/mol. The smallest absolute Gasteiger partial charge is 0.450 e. The van der Waals surface area contributed by atoms with Gasteiger partial charge in [0.2, 0.25) is 28.8 Å². The van der Waals surface area contributed by atoms with Gasteiger partial charge in [-0.2, -0.15) is 65.9 Å². The van der Waals surface area contributed by atoms with E-state index in [4.69, 9.17) is 11.6 Å². The van der Waals surface area contributed by atoms with Gasteiger partial charge in [0.05, 0.1) is 38.1 Å². The first-order chi connectivity index (χ1) is 50.3. The number of anilines is 5. The van der Waals surface area contributed by atoms with E-state index in [0.29, 0.717) is 56.9 Å². The van der Waals surface area contributed by atoms with Crippen molar-refractivity contribution in [2.75, 3.05) is 88.4 Å². The summed E-state index contributed by atoms with van der Waals surface area (Å²) in [4.78, 5) is 58.3. The van der Waals surface area contributed by atoms with Gasteiger partial charge in [-0.15, -0.1) is 58.8 Å². The molecule has 5 amide bonds. The summed E-state index contributed by atoms with van der Waals surface area (Å²) in [6.07, 6.45) is -23.4. The number of ether oxygens (including phenoxy) is 5. The van der Waals surface area contributed by atoms with Gasteiger partial charge in [-0.3, -0.25) is 24.0 Å². The highest BCUT2D eigenvalue weighted by molar-refractivity contribution is 8.05. The minimum absolute atomic E-state index is 0.0549. The van der Waals surface area contributed by atoms with Gasteiger partial charge in [0.25, 0.3) is 29.5 Å². The fourth-order valence-corrected chi connectivity index (χ4v) is 13.7. The number of carbonyl (C=O) groups is 5. The van der Waals surface area contributed by atoms with E-state index in [1.807, 2.05) is 0 Å². The summed E-state index contributed by atoms with van der Waals surface area (Å²) in [5.41, 5.74) is 6.14. The molecule has 15 nitrogen and oxygen atoms in total. The summed E-state index contributed by atoms with van der Waals surface area (Å²) in [5.74, 6) is -9.40. The molecule has 0 fully saturated rings. The lowest BCUT2D eigenvalue weighted by atomic mass is 10.0. The highest BCUT2D eigenvalue weighted by Crippen LogP contribution is 2.43. The molecule has 0 bridgehead atoms. The fraction of sp³-hybridized carbons (Fsp3) is 0.271. The molecule has 5 aliphatic rings. The number of aryl methyl sites for hydroxylation is 4. The molecule has 5 heterocycles.